The number of hydrazine groups is 1. The van der Waals surface area contributed by atoms with Gasteiger partial charge in [-0.1, -0.05) is 18.2 Å². The number of aryl methyl sites for hydroxylation is 2. The van der Waals surface area contributed by atoms with Crippen LogP contribution in [0, 0.1) is 13.8 Å². The second kappa shape index (κ2) is 7.08. The lowest BCUT2D eigenvalue weighted by Gasteiger charge is -2.11. The van der Waals surface area contributed by atoms with Gasteiger partial charge in [-0.25, -0.2) is 9.50 Å². The Balaban J connectivity index is 1.58. The maximum Gasteiger partial charge on any atom is 0.269 e. The van der Waals surface area contributed by atoms with Gasteiger partial charge in [0.2, 0.25) is 5.91 Å². The van der Waals surface area contributed by atoms with Crippen LogP contribution in [-0.4, -0.2) is 31.4 Å². The van der Waals surface area contributed by atoms with Gasteiger partial charge < -0.3 is 0 Å². The number of carbonyl (C=O) groups excluding carboxylic acids is 2. The molecule has 8 nitrogen and oxygen atoms in total. The summed E-state index contributed by atoms with van der Waals surface area (Å²) in [5, 5.41) is 4.13. The molecule has 0 bridgehead atoms. The molecule has 0 saturated heterocycles. The number of aromatic nitrogens is 4. The van der Waals surface area contributed by atoms with Crippen LogP contribution in [0.15, 0.2) is 36.7 Å². The van der Waals surface area contributed by atoms with E-state index in [9.17, 15) is 9.59 Å². The molecule has 2 heterocycles. The third kappa shape index (κ3) is 3.63. The molecular formula is C17H18N6O2. The van der Waals surface area contributed by atoms with E-state index in [1.165, 1.54) is 6.33 Å². The molecule has 0 spiro atoms. The minimum absolute atomic E-state index is 0.221. The number of hydrogen-bond donors (Lipinski definition) is 2. The summed E-state index contributed by atoms with van der Waals surface area (Å²) >= 11 is 0. The highest BCUT2D eigenvalue weighted by atomic mass is 16.2. The van der Waals surface area contributed by atoms with Crippen molar-refractivity contribution in [1.82, 2.24) is 30.4 Å². The number of nitrogens with zero attached hydrogens (tertiary/aromatic N) is 4. The molecule has 25 heavy (non-hydrogen) atoms. The number of carbonyl (C=O) groups is 2. The van der Waals surface area contributed by atoms with Crippen molar-refractivity contribution in [1.29, 1.82) is 0 Å². The highest BCUT2D eigenvalue weighted by Gasteiger charge is 2.13. The first-order valence-corrected chi connectivity index (χ1v) is 7.86. The molecule has 8 heteroatoms. The van der Waals surface area contributed by atoms with Gasteiger partial charge in [0.15, 0.2) is 0 Å². The molecule has 3 aromatic rings. The summed E-state index contributed by atoms with van der Waals surface area (Å²) in [5.41, 5.74) is 7.99. The van der Waals surface area contributed by atoms with E-state index in [2.05, 4.69) is 25.9 Å². The second-order valence-corrected chi connectivity index (χ2v) is 5.60. The average molecular weight is 338 g/mol. The van der Waals surface area contributed by atoms with E-state index >= 15 is 0 Å². The van der Waals surface area contributed by atoms with Gasteiger partial charge in [0.05, 0.1) is 0 Å². The third-order valence-electron chi connectivity index (χ3n) is 3.94. The Hall–Kier alpha value is -3.29. The number of amides is 2. The molecule has 0 radical (unpaired) electrons. The van der Waals surface area contributed by atoms with Crippen LogP contribution in [0.5, 0.6) is 0 Å². The molecule has 0 aliphatic heterocycles. The van der Waals surface area contributed by atoms with Crippen LogP contribution in [0.25, 0.3) is 5.78 Å². The lowest BCUT2D eigenvalue weighted by Crippen LogP contribution is -2.41. The van der Waals surface area contributed by atoms with E-state index in [-0.39, 0.29) is 18.2 Å². The first-order valence-electron chi connectivity index (χ1n) is 7.86. The van der Waals surface area contributed by atoms with Crippen molar-refractivity contribution >= 4 is 17.6 Å². The molecule has 2 aromatic heterocycles. The normalized spacial score (nSPS) is 10.6. The number of benzene rings is 1. The van der Waals surface area contributed by atoms with Gasteiger partial charge in [0, 0.05) is 23.4 Å². The molecule has 1 aromatic carbocycles. The van der Waals surface area contributed by atoms with Crippen molar-refractivity contribution in [3.05, 3.63) is 59.2 Å². The maximum atomic E-state index is 12.0. The number of hydrogen-bond acceptors (Lipinski definition) is 5. The van der Waals surface area contributed by atoms with Gasteiger partial charge in [-0.2, -0.15) is 10.1 Å². The standard InChI is InChI=1S/C17H18N6O2/c1-11-14(12(2)23-17(20-11)18-10-19-23)8-9-15(24)21-22-16(25)13-6-4-3-5-7-13/h3-7,10H,8-9H2,1-2H3,(H,21,24)(H,22,25). The van der Waals surface area contributed by atoms with Crippen LogP contribution in [-0.2, 0) is 11.2 Å². The van der Waals surface area contributed by atoms with Crippen LogP contribution < -0.4 is 10.9 Å². The fourth-order valence-electron chi connectivity index (χ4n) is 2.61. The van der Waals surface area contributed by atoms with Crippen molar-refractivity contribution in [3.63, 3.8) is 0 Å². The van der Waals surface area contributed by atoms with Crippen molar-refractivity contribution in [2.24, 2.45) is 0 Å². The SMILES string of the molecule is Cc1nc2ncnn2c(C)c1CCC(=O)NNC(=O)c1ccccc1. The maximum absolute atomic E-state index is 12.0. The smallest absolute Gasteiger partial charge is 0.269 e. The first-order chi connectivity index (χ1) is 12.1. The Morgan fingerprint density at radius 1 is 1.12 bits per heavy atom. The van der Waals surface area contributed by atoms with Crippen molar-refractivity contribution in [2.45, 2.75) is 26.7 Å². The first kappa shape index (κ1) is 16.6. The molecule has 0 saturated carbocycles. The predicted octanol–water partition coefficient (Wildman–Crippen LogP) is 1.13. The Bertz CT molecular complexity index is 920. The van der Waals surface area contributed by atoms with Gasteiger partial charge in [0.1, 0.15) is 6.33 Å². The zero-order valence-corrected chi connectivity index (χ0v) is 14.0. The fraction of sp³-hybridized carbons (Fsp3) is 0.235. The zero-order valence-electron chi connectivity index (χ0n) is 14.0. The Morgan fingerprint density at radius 3 is 2.64 bits per heavy atom. The van der Waals surface area contributed by atoms with E-state index in [0.717, 1.165) is 17.0 Å². The summed E-state index contributed by atoms with van der Waals surface area (Å²) in [6.07, 6.45) is 2.16. The highest BCUT2D eigenvalue weighted by Crippen LogP contribution is 2.14. The summed E-state index contributed by atoms with van der Waals surface area (Å²) in [4.78, 5) is 32.3. The minimum atomic E-state index is -0.355. The van der Waals surface area contributed by atoms with E-state index in [1.807, 2.05) is 19.9 Å². The molecule has 0 fully saturated rings. The quantitative estimate of drug-likeness (QED) is 0.695. The van der Waals surface area contributed by atoms with E-state index < -0.39 is 0 Å². The second-order valence-electron chi connectivity index (χ2n) is 5.60. The average Bonchev–Trinajstić information content (AvgIpc) is 3.08. The summed E-state index contributed by atoms with van der Waals surface area (Å²) in [5.74, 6) is -0.0906. The van der Waals surface area contributed by atoms with E-state index in [1.54, 1.807) is 28.8 Å². The summed E-state index contributed by atoms with van der Waals surface area (Å²) < 4.78 is 1.65. The topological polar surface area (TPSA) is 101 Å². The summed E-state index contributed by atoms with van der Waals surface area (Å²) in [7, 11) is 0. The van der Waals surface area contributed by atoms with Crippen LogP contribution in [0.4, 0.5) is 0 Å². The monoisotopic (exact) mass is 338 g/mol. The number of rotatable bonds is 4. The molecule has 0 aliphatic rings. The van der Waals surface area contributed by atoms with Crippen molar-refractivity contribution in [2.75, 3.05) is 0 Å². The molecule has 3 rings (SSSR count). The van der Waals surface area contributed by atoms with Crippen molar-refractivity contribution < 1.29 is 9.59 Å². The number of nitrogens with one attached hydrogen (secondary N) is 2. The van der Waals surface area contributed by atoms with Gasteiger partial charge in [-0.15, -0.1) is 0 Å². The van der Waals surface area contributed by atoms with Crippen LogP contribution in [0.1, 0.15) is 33.7 Å². The summed E-state index contributed by atoms with van der Waals surface area (Å²) in [6.45, 7) is 3.80. The molecule has 0 unspecified atom stereocenters. The molecular weight excluding hydrogens is 320 g/mol. The predicted molar refractivity (Wildman–Crippen MR) is 90.6 cm³/mol. The number of fused-ring (bicyclic) bond motifs is 1. The minimum Gasteiger partial charge on any atom is -0.273 e. The zero-order chi connectivity index (χ0) is 17.8. The van der Waals surface area contributed by atoms with Crippen molar-refractivity contribution in [3.8, 4) is 0 Å². The van der Waals surface area contributed by atoms with Crippen LogP contribution in [0.3, 0.4) is 0 Å². The van der Waals surface area contributed by atoms with Gasteiger partial charge in [-0.05, 0) is 38.0 Å². The lowest BCUT2D eigenvalue weighted by atomic mass is 10.1. The van der Waals surface area contributed by atoms with E-state index in [4.69, 9.17) is 0 Å². The van der Waals surface area contributed by atoms with Gasteiger partial charge >= 0.3 is 0 Å². The largest absolute Gasteiger partial charge is 0.273 e. The van der Waals surface area contributed by atoms with Gasteiger partial charge in [-0.3, -0.25) is 20.4 Å². The molecule has 0 aliphatic carbocycles. The lowest BCUT2D eigenvalue weighted by molar-refractivity contribution is -0.121. The highest BCUT2D eigenvalue weighted by molar-refractivity contribution is 5.95. The van der Waals surface area contributed by atoms with E-state index in [0.29, 0.717) is 17.8 Å². The summed E-state index contributed by atoms with van der Waals surface area (Å²) in [6, 6.07) is 8.69. The van der Waals surface area contributed by atoms with Crippen LogP contribution in [0.2, 0.25) is 0 Å². The fourth-order valence-corrected chi connectivity index (χ4v) is 2.61. The molecule has 0 atom stereocenters. The molecule has 128 valence electrons. The van der Waals surface area contributed by atoms with Gasteiger partial charge in [0.25, 0.3) is 11.7 Å². The Labute approximate surface area is 144 Å². The molecule has 2 N–H and O–H groups in total. The third-order valence-corrected chi connectivity index (χ3v) is 3.94. The Kier molecular flexibility index (Phi) is 4.69. The Morgan fingerprint density at radius 2 is 1.88 bits per heavy atom. The van der Waals surface area contributed by atoms with Crippen LogP contribution >= 0.6 is 0 Å². The molecule has 2 amide bonds.